The van der Waals surface area contributed by atoms with Crippen molar-refractivity contribution < 1.29 is 14.3 Å². The number of benzene rings is 1. The molecule has 0 bridgehead atoms. The van der Waals surface area contributed by atoms with E-state index in [1.54, 1.807) is 0 Å². The van der Waals surface area contributed by atoms with Gasteiger partial charge in [-0.2, -0.15) is 0 Å². The third-order valence-corrected chi connectivity index (χ3v) is 5.18. The van der Waals surface area contributed by atoms with E-state index in [9.17, 15) is 9.59 Å². The molecule has 0 atom stereocenters. The molecule has 0 unspecified atom stereocenters. The quantitative estimate of drug-likeness (QED) is 0.870. The maximum absolute atomic E-state index is 12.7. The number of carbonyl (C=O) groups excluding carboxylic acids is 2. The van der Waals surface area contributed by atoms with Gasteiger partial charge in [-0.1, -0.05) is 31.0 Å². The molecule has 1 N–H and O–H groups in total. The fourth-order valence-corrected chi connectivity index (χ4v) is 3.99. The van der Waals surface area contributed by atoms with E-state index in [0.29, 0.717) is 5.56 Å². The monoisotopic (exact) mass is 338 g/mol. The van der Waals surface area contributed by atoms with Crippen molar-refractivity contribution in [1.29, 1.82) is 0 Å². The first kappa shape index (κ1) is 16.1. The summed E-state index contributed by atoms with van der Waals surface area (Å²) in [5, 5.41) is 3.76. The highest BCUT2D eigenvalue weighted by Gasteiger charge is 2.25. The summed E-state index contributed by atoms with van der Waals surface area (Å²) >= 11 is 0. The van der Waals surface area contributed by atoms with Crippen LogP contribution in [0.2, 0.25) is 0 Å². The molecule has 25 heavy (non-hydrogen) atoms. The molecule has 4 rings (SSSR count). The predicted octanol–water partition coefficient (Wildman–Crippen LogP) is 2.94. The molecule has 2 aliphatic carbocycles. The number of rotatable bonds is 4. The van der Waals surface area contributed by atoms with E-state index < -0.39 is 5.97 Å². The maximum atomic E-state index is 12.7. The van der Waals surface area contributed by atoms with Crippen LogP contribution in [-0.4, -0.2) is 29.5 Å². The molecule has 2 aromatic rings. The minimum absolute atomic E-state index is 0.213. The summed E-state index contributed by atoms with van der Waals surface area (Å²) in [6.45, 7) is -0.221. The highest BCUT2D eigenvalue weighted by atomic mass is 16.5. The number of hydrogen-bond acceptors (Lipinski definition) is 4. The Balaban J connectivity index is 1.53. The molecule has 1 amide bonds. The molecule has 5 nitrogen and oxygen atoms in total. The van der Waals surface area contributed by atoms with Crippen LogP contribution in [0, 0.1) is 0 Å². The maximum Gasteiger partial charge on any atom is 0.339 e. The Morgan fingerprint density at radius 2 is 1.92 bits per heavy atom. The fourth-order valence-electron chi connectivity index (χ4n) is 3.99. The number of amides is 1. The van der Waals surface area contributed by atoms with Crippen molar-refractivity contribution in [2.75, 3.05) is 6.61 Å². The number of esters is 1. The fraction of sp³-hybridized carbons (Fsp3) is 0.450. The topological polar surface area (TPSA) is 68.3 Å². The van der Waals surface area contributed by atoms with Crippen LogP contribution >= 0.6 is 0 Å². The van der Waals surface area contributed by atoms with Gasteiger partial charge in [-0.15, -0.1) is 0 Å². The first-order chi connectivity index (χ1) is 12.2. The van der Waals surface area contributed by atoms with Gasteiger partial charge < -0.3 is 10.1 Å². The first-order valence-corrected chi connectivity index (χ1v) is 9.09. The lowest BCUT2D eigenvalue weighted by molar-refractivity contribution is -0.124. The van der Waals surface area contributed by atoms with Crippen LogP contribution in [0.5, 0.6) is 0 Å². The normalized spacial score (nSPS) is 16.8. The summed E-state index contributed by atoms with van der Waals surface area (Å²) in [6, 6.07) is 7.86. The van der Waals surface area contributed by atoms with Gasteiger partial charge in [0, 0.05) is 17.1 Å². The van der Waals surface area contributed by atoms with Crippen molar-refractivity contribution in [3.63, 3.8) is 0 Å². The summed E-state index contributed by atoms with van der Waals surface area (Å²) in [6.07, 6.45) is 7.07. The van der Waals surface area contributed by atoms with E-state index in [4.69, 9.17) is 4.74 Å². The SMILES string of the molecule is O=C(COC(=O)c1c2c(nc3ccccc13)CCC2)NC1CCCC1. The smallest absolute Gasteiger partial charge is 0.339 e. The highest BCUT2D eigenvalue weighted by Crippen LogP contribution is 2.30. The Morgan fingerprint density at radius 1 is 1.12 bits per heavy atom. The van der Waals surface area contributed by atoms with Crippen LogP contribution in [0.1, 0.15) is 53.7 Å². The number of carbonyl (C=O) groups is 2. The van der Waals surface area contributed by atoms with Gasteiger partial charge in [-0.25, -0.2) is 4.79 Å². The third kappa shape index (κ3) is 3.23. The third-order valence-electron chi connectivity index (χ3n) is 5.18. The zero-order valence-electron chi connectivity index (χ0n) is 14.2. The van der Waals surface area contributed by atoms with Crippen molar-refractivity contribution in [3.8, 4) is 0 Å². The Kier molecular flexibility index (Phi) is 4.38. The van der Waals surface area contributed by atoms with Gasteiger partial charge in [0.2, 0.25) is 0 Å². The van der Waals surface area contributed by atoms with E-state index in [2.05, 4.69) is 10.3 Å². The van der Waals surface area contributed by atoms with Gasteiger partial charge in [0.05, 0.1) is 11.1 Å². The van der Waals surface area contributed by atoms with Crippen molar-refractivity contribution in [2.45, 2.75) is 51.0 Å². The number of nitrogens with one attached hydrogen (secondary N) is 1. The largest absolute Gasteiger partial charge is 0.452 e. The second-order valence-electron chi connectivity index (χ2n) is 6.91. The number of para-hydroxylation sites is 1. The van der Waals surface area contributed by atoms with Crippen molar-refractivity contribution in [2.24, 2.45) is 0 Å². The lowest BCUT2D eigenvalue weighted by atomic mass is 10.0. The number of aromatic nitrogens is 1. The molecular formula is C20H22N2O3. The molecule has 1 saturated carbocycles. The van der Waals surface area contributed by atoms with E-state index in [-0.39, 0.29) is 18.6 Å². The van der Waals surface area contributed by atoms with Gasteiger partial charge in [0.15, 0.2) is 6.61 Å². The molecule has 1 aromatic carbocycles. The Morgan fingerprint density at radius 3 is 2.76 bits per heavy atom. The van der Waals surface area contributed by atoms with Crippen LogP contribution in [0.3, 0.4) is 0 Å². The summed E-state index contributed by atoms with van der Waals surface area (Å²) in [4.78, 5) is 29.4. The Bertz CT molecular complexity index is 825. The number of hydrogen-bond donors (Lipinski definition) is 1. The van der Waals surface area contributed by atoms with Crippen molar-refractivity contribution in [1.82, 2.24) is 10.3 Å². The lowest BCUT2D eigenvalue weighted by Crippen LogP contribution is -2.36. The van der Waals surface area contributed by atoms with Crippen molar-refractivity contribution >= 4 is 22.8 Å². The van der Waals surface area contributed by atoms with Gasteiger partial charge in [-0.3, -0.25) is 9.78 Å². The van der Waals surface area contributed by atoms with Gasteiger partial charge in [0.1, 0.15) is 0 Å². The van der Waals surface area contributed by atoms with Crippen LogP contribution in [-0.2, 0) is 22.4 Å². The number of nitrogens with zero attached hydrogens (tertiary/aromatic N) is 1. The molecule has 0 radical (unpaired) electrons. The van der Waals surface area contributed by atoms with E-state index in [0.717, 1.165) is 67.1 Å². The second kappa shape index (κ2) is 6.82. The number of ether oxygens (including phenoxy) is 1. The van der Waals surface area contributed by atoms with Crippen molar-refractivity contribution in [3.05, 3.63) is 41.1 Å². The number of pyridine rings is 1. The van der Waals surface area contributed by atoms with E-state index in [1.807, 2.05) is 24.3 Å². The number of fused-ring (bicyclic) bond motifs is 2. The molecule has 0 saturated heterocycles. The van der Waals surface area contributed by atoms with Crippen LogP contribution in [0.15, 0.2) is 24.3 Å². The van der Waals surface area contributed by atoms with Gasteiger partial charge in [-0.05, 0) is 43.7 Å². The molecule has 5 heteroatoms. The van der Waals surface area contributed by atoms with Crippen LogP contribution in [0.25, 0.3) is 10.9 Å². The average Bonchev–Trinajstić information content (AvgIpc) is 3.29. The predicted molar refractivity (Wildman–Crippen MR) is 94.4 cm³/mol. The molecule has 1 heterocycles. The molecule has 130 valence electrons. The molecule has 1 aromatic heterocycles. The highest BCUT2D eigenvalue weighted by molar-refractivity contribution is 6.05. The van der Waals surface area contributed by atoms with Gasteiger partial charge in [0.25, 0.3) is 5.91 Å². The number of aryl methyl sites for hydroxylation is 1. The molecule has 0 aliphatic heterocycles. The molecular weight excluding hydrogens is 316 g/mol. The second-order valence-corrected chi connectivity index (χ2v) is 6.91. The molecule has 1 fully saturated rings. The standard InChI is InChI=1S/C20H22N2O3/c23-18(21-13-6-1-2-7-13)12-25-20(24)19-14-8-3-4-10-16(14)22-17-11-5-9-15(17)19/h3-4,8,10,13H,1-2,5-7,9,11-12H2,(H,21,23). The van der Waals surface area contributed by atoms with Crippen LogP contribution < -0.4 is 5.32 Å². The lowest BCUT2D eigenvalue weighted by Gasteiger charge is -2.14. The minimum Gasteiger partial charge on any atom is -0.452 e. The van der Waals surface area contributed by atoms with E-state index in [1.165, 1.54) is 0 Å². The first-order valence-electron chi connectivity index (χ1n) is 9.09. The zero-order chi connectivity index (χ0) is 17.2. The molecule has 2 aliphatic rings. The molecule has 0 spiro atoms. The van der Waals surface area contributed by atoms with Gasteiger partial charge >= 0.3 is 5.97 Å². The summed E-state index contributed by atoms with van der Waals surface area (Å²) in [7, 11) is 0. The zero-order valence-corrected chi connectivity index (χ0v) is 14.2. The Labute approximate surface area is 146 Å². The summed E-state index contributed by atoms with van der Waals surface area (Å²) in [5.41, 5.74) is 3.37. The Hall–Kier alpha value is -2.43. The summed E-state index contributed by atoms with van der Waals surface area (Å²) in [5.74, 6) is -0.631. The average molecular weight is 338 g/mol. The minimum atomic E-state index is -0.418. The van der Waals surface area contributed by atoms with Crippen LogP contribution in [0.4, 0.5) is 0 Å². The summed E-state index contributed by atoms with van der Waals surface area (Å²) < 4.78 is 5.35. The van der Waals surface area contributed by atoms with E-state index >= 15 is 0 Å².